The highest BCUT2D eigenvalue weighted by Crippen LogP contribution is 2.12. The number of hydrogen-bond donors (Lipinski definition) is 1. The van der Waals surface area contributed by atoms with E-state index >= 15 is 0 Å². The quantitative estimate of drug-likeness (QED) is 0.747. The molecule has 0 spiro atoms. The van der Waals surface area contributed by atoms with Crippen LogP contribution in [0.15, 0.2) is 18.2 Å². The average Bonchev–Trinajstić information content (AvgIpc) is 2.29. The molecule has 0 aliphatic rings. The van der Waals surface area contributed by atoms with Gasteiger partial charge in [0.1, 0.15) is 0 Å². The highest BCUT2D eigenvalue weighted by atomic mass is 14.5. The molecule has 15 heavy (non-hydrogen) atoms. The largest absolute Gasteiger partial charge is 0.330 e. The molecule has 1 aromatic carbocycles. The number of hydrogen-bond acceptors (Lipinski definition) is 1. The first-order valence-corrected chi connectivity index (χ1v) is 5.62. The molecule has 1 nitrogen and oxygen atoms in total. The zero-order chi connectivity index (χ0) is 11.1. The molecule has 0 bridgehead atoms. The van der Waals surface area contributed by atoms with E-state index in [0.717, 1.165) is 19.3 Å². The molecule has 1 aromatic rings. The van der Waals surface area contributed by atoms with Crippen LogP contribution in [-0.2, 0) is 12.8 Å². The SMILES string of the molecule is CCc1ccc(CC)c(C#CCCN)c1. The minimum Gasteiger partial charge on any atom is -0.330 e. The molecule has 0 heterocycles. The first kappa shape index (κ1) is 11.8. The molecule has 2 N–H and O–H groups in total. The highest BCUT2D eigenvalue weighted by Gasteiger charge is 1.98. The zero-order valence-corrected chi connectivity index (χ0v) is 9.64. The number of benzene rings is 1. The minimum atomic E-state index is 0.641. The van der Waals surface area contributed by atoms with Gasteiger partial charge in [0, 0.05) is 18.5 Å². The molecule has 0 atom stereocenters. The lowest BCUT2D eigenvalue weighted by Crippen LogP contribution is -1.96. The fourth-order valence-corrected chi connectivity index (χ4v) is 1.50. The molecule has 0 saturated carbocycles. The molecule has 0 saturated heterocycles. The first-order chi connectivity index (χ1) is 7.31. The number of aryl methyl sites for hydroxylation is 2. The molecule has 1 heteroatoms. The van der Waals surface area contributed by atoms with E-state index in [-0.39, 0.29) is 0 Å². The van der Waals surface area contributed by atoms with Crippen LogP contribution in [-0.4, -0.2) is 6.54 Å². The standard InChI is InChI=1S/C14H19N/c1-3-12-8-9-13(4-2)14(11-12)7-5-6-10-15/h8-9,11H,3-4,6,10,15H2,1-2H3. The first-order valence-electron chi connectivity index (χ1n) is 5.62. The summed E-state index contributed by atoms with van der Waals surface area (Å²) in [5.41, 5.74) is 9.27. The molecule has 0 radical (unpaired) electrons. The summed E-state index contributed by atoms with van der Waals surface area (Å²) in [6.07, 6.45) is 2.88. The summed E-state index contributed by atoms with van der Waals surface area (Å²) >= 11 is 0. The van der Waals surface area contributed by atoms with Crippen molar-refractivity contribution in [3.8, 4) is 11.8 Å². The van der Waals surface area contributed by atoms with Crippen LogP contribution in [0, 0.1) is 11.8 Å². The van der Waals surface area contributed by atoms with Crippen molar-refractivity contribution in [3.05, 3.63) is 34.9 Å². The van der Waals surface area contributed by atoms with Crippen LogP contribution < -0.4 is 5.73 Å². The maximum Gasteiger partial charge on any atom is 0.0279 e. The van der Waals surface area contributed by atoms with Crippen LogP contribution in [0.2, 0.25) is 0 Å². The van der Waals surface area contributed by atoms with Crippen molar-refractivity contribution in [2.75, 3.05) is 6.54 Å². The second kappa shape index (κ2) is 6.27. The van der Waals surface area contributed by atoms with Crippen LogP contribution >= 0.6 is 0 Å². The molecule has 80 valence electrons. The summed E-state index contributed by atoms with van der Waals surface area (Å²) in [5.74, 6) is 6.31. The molecule has 1 rings (SSSR count). The summed E-state index contributed by atoms with van der Waals surface area (Å²) in [5, 5.41) is 0. The van der Waals surface area contributed by atoms with Crippen LogP contribution in [0.3, 0.4) is 0 Å². The van der Waals surface area contributed by atoms with Gasteiger partial charge in [0.2, 0.25) is 0 Å². The molecule has 0 aliphatic carbocycles. The van der Waals surface area contributed by atoms with Crippen molar-refractivity contribution in [1.29, 1.82) is 0 Å². The minimum absolute atomic E-state index is 0.641. The van der Waals surface area contributed by atoms with Crippen LogP contribution in [0.25, 0.3) is 0 Å². The third-order valence-corrected chi connectivity index (χ3v) is 2.46. The Morgan fingerprint density at radius 1 is 1.20 bits per heavy atom. The molecular formula is C14H19N. The maximum absolute atomic E-state index is 5.42. The summed E-state index contributed by atoms with van der Waals surface area (Å²) in [6, 6.07) is 6.57. The van der Waals surface area contributed by atoms with Gasteiger partial charge in [0.05, 0.1) is 0 Å². The monoisotopic (exact) mass is 201 g/mol. The lowest BCUT2D eigenvalue weighted by atomic mass is 10.0. The van der Waals surface area contributed by atoms with Gasteiger partial charge in [-0.25, -0.2) is 0 Å². The fraction of sp³-hybridized carbons (Fsp3) is 0.429. The molecular weight excluding hydrogens is 182 g/mol. The van der Waals surface area contributed by atoms with Gasteiger partial charge >= 0.3 is 0 Å². The lowest BCUT2D eigenvalue weighted by Gasteiger charge is -2.03. The van der Waals surface area contributed by atoms with Gasteiger partial charge in [-0.15, -0.1) is 0 Å². The van der Waals surface area contributed by atoms with Gasteiger partial charge in [-0.1, -0.05) is 37.8 Å². The predicted molar refractivity (Wildman–Crippen MR) is 65.7 cm³/mol. The van der Waals surface area contributed by atoms with E-state index in [9.17, 15) is 0 Å². The van der Waals surface area contributed by atoms with Crippen molar-refractivity contribution in [3.63, 3.8) is 0 Å². The van der Waals surface area contributed by atoms with Crippen molar-refractivity contribution in [1.82, 2.24) is 0 Å². The highest BCUT2D eigenvalue weighted by molar-refractivity contribution is 5.44. The molecule has 0 aromatic heterocycles. The lowest BCUT2D eigenvalue weighted by molar-refractivity contribution is 1.03. The van der Waals surface area contributed by atoms with Crippen LogP contribution in [0.5, 0.6) is 0 Å². The van der Waals surface area contributed by atoms with Gasteiger partial charge in [-0.05, 0) is 30.0 Å². The van der Waals surface area contributed by atoms with Gasteiger partial charge < -0.3 is 5.73 Å². The summed E-state index contributed by atoms with van der Waals surface area (Å²) in [4.78, 5) is 0. The molecule has 0 amide bonds. The van der Waals surface area contributed by atoms with Crippen molar-refractivity contribution in [2.45, 2.75) is 33.1 Å². The Balaban J connectivity index is 2.97. The Hall–Kier alpha value is -1.26. The zero-order valence-electron chi connectivity index (χ0n) is 9.64. The predicted octanol–water partition coefficient (Wildman–Crippen LogP) is 2.51. The smallest absolute Gasteiger partial charge is 0.0279 e. The topological polar surface area (TPSA) is 26.0 Å². The average molecular weight is 201 g/mol. The Morgan fingerprint density at radius 3 is 2.60 bits per heavy atom. The fourth-order valence-electron chi connectivity index (χ4n) is 1.50. The maximum atomic E-state index is 5.42. The normalized spacial score (nSPS) is 9.53. The third kappa shape index (κ3) is 3.42. The summed E-state index contributed by atoms with van der Waals surface area (Å²) < 4.78 is 0. The van der Waals surface area contributed by atoms with E-state index < -0.39 is 0 Å². The second-order valence-electron chi connectivity index (χ2n) is 3.54. The summed E-state index contributed by atoms with van der Waals surface area (Å²) in [6.45, 7) is 4.97. The van der Waals surface area contributed by atoms with Crippen molar-refractivity contribution >= 4 is 0 Å². The van der Waals surface area contributed by atoms with E-state index in [1.807, 2.05) is 0 Å². The van der Waals surface area contributed by atoms with E-state index in [2.05, 4.69) is 43.9 Å². The van der Waals surface area contributed by atoms with Crippen molar-refractivity contribution < 1.29 is 0 Å². The van der Waals surface area contributed by atoms with E-state index in [1.54, 1.807) is 0 Å². The molecule has 0 unspecified atom stereocenters. The Bertz CT molecular complexity index is 369. The van der Waals surface area contributed by atoms with E-state index in [1.165, 1.54) is 16.7 Å². The second-order valence-corrected chi connectivity index (χ2v) is 3.54. The number of nitrogens with two attached hydrogens (primary N) is 1. The van der Waals surface area contributed by atoms with Gasteiger partial charge in [0.15, 0.2) is 0 Å². The van der Waals surface area contributed by atoms with E-state index in [0.29, 0.717) is 6.54 Å². The van der Waals surface area contributed by atoms with E-state index in [4.69, 9.17) is 5.73 Å². The summed E-state index contributed by atoms with van der Waals surface area (Å²) in [7, 11) is 0. The van der Waals surface area contributed by atoms with Gasteiger partial charge in [-0.3, -0.25) is 0 Å². The third-order valence-electron chi connectivity index (χ3n) is 2.46. The Labute approximate surface area is 92.7 Å². The Morgan fingerprint density at radius 2 is 2.00 bits per heavy atom. The Kier molecular flexibility index (Phi) is 4.93. The van der Waals surface area contributed by atoms with Crippen molar-refractivity contribution in [2.24, 2.45) is 5.73 Å². The molecule has 0 aliphatic heterocycles. The van der Waals surface area contributed by atoms with Gasteiger partial charge in [-0.2, -0.15) is 0 Å². The van der Waals surface area contributed by atoms with Crippen LogP contribution in [0.1, 0.15) is 37.0 Å². The number of rotatable bonds is 3. The van der Waals surface area contributed by atoms with Gasteiger partial charge in [0.25, 0.3) is 0 Å². The molecule has 0 fully saturated rings. The van der Waals surface area contributed by atoms with Crippen LogP contribution in [0.4, 0.5) is 0 Å².